The van der Waals surface area contributed by atoms with E-state index in [4.69, 9.17) is 13.9 Å². The molecule has 1 amide bonds. The largest absolute Gasteiger partial charge is 0.496 e. The van der Waals surface area contributed by atoms with E-state index in [0.29, 0.717) is 39.3 Å². The first kappa shape index (κ1) is 19.9. The minimum atomic E-state index is -0.526. The Morgan fingerprint density at radius 1 is 1.37 bits per heavy atom. The summed E-state index contributed by atoms with van der Waals surface area (Å²) in [6.07, 6.45) is 4.59. The van der Waals surface area contributed by atoms with Crippen molar-refractivity contribution in [3.05, 3.63) is 57.7 Å². The summed E-state index contributed by atoms with van der Waals surface area (Å²) >= 11 is 0. The molecule has 1 aliphatic heterocycles. The van der Waals surface area contributed by atoms with Crippen molar-refractivity contribution in [3.63, 3.8) is 0 Å². The van der Waals surface area contributed by atoms with Crippen molar-refractivity contribution in [2.75, 3.05) is 12.4 Å². The first-order valence-electron chi connectivity index (χ1n) is 9.84. The molecule has 0 fully saturated rings. The second-order valence-electron chi connectivity index (χ2n) is 8.08. The molecule has 1 N–H and O–H groups in total. The van der Waals surface area contributed by atoms with E-state index in [-0.39, 0.29) is 17.9 Å². The lowest BCUT2D eigenvalue weighted by molar-refractivity contribution is -0.115. The molecule has 3 aromatic rings. The van der Waals surface area contributed by atoms with Crippen LogP contribution in [0.2, 0.25) is 0 Å². The van der Waals surface area contributed by atoms with Crippen LogP contribution in [0.4, 0.5) is 5.69 Å². The minimum absolute atomic E-state index is 0.108. The van der Waals surface area contributed by atoms with Crippen LogP contribution in [0.1, 0.15) is 37.0 Å². The number of amides is 1. The van der Waals surface area contributed by atoms with Gasteiger partial charge in [-0.05, 0) is 51.3 Å². The summed E-state index contributed by atoms with van der Waals surface area (Å²) in [5, 5.41) is 3.44. The van der Waals surface area contributed by atoms with Crippen molar-refractivity contribution in [2.45, 2.75) is 45.6 Å². The van der Waals surface area contributed by atoms with Crippen molar-refractivity contribution in [3.8, 4) is 11.5 Å². The summed E-state index contributed by atoms with van der Waals surface area (Å²) in [5.41, 5.74) is 2.05. The van der Waals surface area contributed by atoms with Gasteiger partial charge in [-0.3, -0.25) is 9.78 Å². The van der Waals surface area contributed by atoms with Gasteiger partial charge in [0, 0.05) is 17.8 Å². The summed E-state index contributed by atoms with van der Waals surface area (Å²) in [7, 11) is 1.56. The number of benzene rings is 1. The molecule has 2 aromatic heterocycles. The van der Waals surface area contributed by atoms with Gasteiger partial charge in [0.1, 0.15) is 22.7 Å². The van der Waals surface area contributed by atoms with Crippen LogP contribution in [0.5, 0.6) is 11.5 Å². The van der Waals surface area contributed by atoms with E-state index in [1.54, 1.807) is 31.6 Å². The molecule has 7 nitrogen and oxygen atoms in total. The van der Waals surface area contributed by atoms with E-state index in [9.17, 15) is 9.59 Å². The Labute approximate surface area is 174 Å². The Bertz CT molecular complexity index is 1180. The highest BCUT2D eigenvalue weighted by Gasteiger charge is 2.31. The number of carbonyl (C=O) groups excluding carboxylic acids is 1. The van der Waals surface area contributed by atoms with Crippen LogP contribution in [0.15, 0.2) is 39.8 Å². The second-order valence-corrected chi connectivity index (χ2v) is 8.08. The van der Waals surface area contributed by atoms with Gasteiger partial charge < -0.3 is 19.2 Å². The summed E-state index contributed by atoms with van der Waals surface area (Å²) in [6.45, 7) is 5.87. The highest BCUT2D eigenvalue weighted by atomic mass is 16.5. The lowest BCUT2D eigenvalue weighted by Crippen LogP contribution is -2.32. The molecule has 156 valence electrons. The number of methoxy groups -OCH3 is 1. The Balaban J connectivity index is 1.78. The molecule has 0 unspecified atom stereocenters. The van der Waals surface area contributed by atoms with Crippen LogP contribution in [0.3, 0.4) is 0 Å². The van der Waals surface area contributed by atoms with Gasteiger partial charge >= 0.3 is 5.63 Å². The number of pyridine rings is 1. The third-order valence-corrected chi connectivity index (χ3v) is 5.44. The van der Waals surface area contributed by atoms with Crippen molar-refractivity contribution >= 4 is 22.6 Å². The summed E-state index contributed by atoms with van der Waals surface area (Å²) in [4.78, 5) is 29.3. The highest BCUT2D eigenvalue weighted by Crippen LogP contribution is 2.43. The van der Waals surface area contributed by atoms with E-state index in [2.05, 4.69) is 10.3 Å². The van der Waals surface area contributed by atoms with Crippen LogP contribution in [-0.2, 0) is 17.6 Å². The van der Waals surface area contributed by atoms with Gasteiger partial charge in [0.15, 0.2) is 0 Å². The van der Waals surface area contributed by atoms with Crippen LogP contribution in [-0.4, -0.2) is 23.6 Å². The average molecular weight is 408 g/mol. The Hall–Kier alpha value is -3.35. The third kappa shape index (κ3) is 3.63. The standard InChI is InChI=1S/C23H24N2O5/c1-13-16(10-19(26)25-14-6-5-9-24-12-14)22(27)29-21-15-7-8-23(2,3)30-17(15)11-18(28-4)20(13)21/h5-6,9,11-12H,7-8,10H2,1-4H3,(H,25,26). The van der Waals surface area contributed by atoms with Crippen molar-refractivity contribution in [1.82, 2.24) is 4.98 Å². The molecular formula is C23H24N2O5. The van der Waals surface area contributed by atoms with Gasteiger partial charge in [-0.15, -0.1) is 0 Å². The van der Waals surface area contributed by atoms with Crippen LogP contribution in [0, 0.1) is 6.92 Å². The number of nitrogens with zero attached hydrogens (tertiary/aromatic N) is 1. The number of aromatic nitrogens is 1. The molecule has 0 atom stereocenters. The van der Waals surface area contributed by atoms with E-state index >= 15 is 0 Å². The topological polar surface area (TPSA) is 90.7 Å². The molecule has 1 aromatic carbocycles. The molecule has 0 radical (unpaired) electrons. The SMILES string of the molecule is COc1cc2c(c3oc(=O)c(CC(=O)Nc4cccnc4)c(C)c13)CCC(C)(C)O2. The fraction of sp³-hybridized carbons (Fsp3) is 0.348. The molecule has 0 aliphatic carbocycles. The number of ether oxygens (including phenoxy) is 2. The van der Waals surface area contributed by atoms with Crippen molar-refractivity contribution in [1.29, 1.82) is 0 Å². The molecular weight excluding hydrogens is 384 g/mol. The number of hydrogen-bond acceptors (Lipinski definition) is 6. The van der Waals surface area contributed by atoms with Crippen molar-refractivity contribution in [2.24, 2.45) is 0 Å². The molecule has 30 heavy (non-hydrogen) atoms. The number of fused-ring (bicyclic) bond motifs is 3. The molecule has 0 saturated heterocycles. The Morgan fingerprint density at radius 2 is 2.17 bits per heavy atom. The van der Waals surface area contributed by atoms with Crippen LogP contribution >= 0.6 is 0 Å². The van der Waals surface area contributed by atoms with Gasteiger partial charge in [0.2, 0.25) is 5.91 Å². The first-order chi connectivity index (χ1) is 14.3. The van der Waals surface area contributed by atoms with Gasteiger partial charge in [0.25, 0.3) is 0 Å². The normalized spacial score (nSPS) is 14.7. The zero-order valence-corrected chi connectivity index (χ0v) is 17.5. The van der Waals surface area contributed by atoms with Gasteiger partial charge in [-0.1, -0.05) is 0 Å². The summed E-state index contributed by atoms with van der Waals surface area (Å²) in [6, 6.07) is 5.30. The number of anilines is 1. The third-order valence-electron chi connectivity index (χ3n) is 5.44. The van der Waals surface area contributed by atoms with Gasteiger partial charge in [-0.2, -0.15) is 0 Å². The van der Waals surface area contributed by atoms with E-state index in [0.717, 1.165) is 18.4 Å². The summed E-state index contributed by atoms with van der Waals surface area (Å²) in [5.74, 6) is 0.900. The molecule has 3 heterocycles. The molecule has 1 aliphatic rings. The zero-order chi connectivity index (χ0) is 21.5. The highest BCUT2D eigenvalue weighted by molar-refractivity contribution is 5.95. The van der Waals surface area contributed by atoms with Crippen LogP contribution < -0.4 is 20.4 Å². The van der Waals surface area contributed by atoms with E-state index < -0.39 is 5.63 Å². The van der Waals surface area contributed by atoms with Crippen LogP contribution in [0.25, 0.3) is 11.0 Å². The van der Waals surface area contributed by atoms with Gasteiger partial charge in [-0.25, -0.2) is 4.79 Å². The predicted molar refractivity (Wildman–Crippen MR) is 113 cm³/mol. The zero-order valence-electron chi connectivity index (χ0n) is 17.5. The maximum Gasteiger partial charge on any atom is 0.340 e. The quantitative estimate of drug-likeness (QED) is 0.661. The fourth-order valence-corrected chi connectivity index (χ4v) is 3.85. The predicted octanol–water partition coefficient (Wildman–Crippen LogP) is 3.79. The number of carbonyl (C=O) groups is 1. The van der Waals surface area contributed by atoms with Gasteiger partial charge in [0.05, 0.1) is 36.4 Å². The summed E-state index contributed by atoms with van der Waals surface area (Å²) < 4.78 is 17.4. The molecule has 0 bridgehead atoms. The smallest absolute Gasteiger partial charge is 0.340 e. The number of nitrogens with one attached hydrogen (secondary N) is 1. The molecule has 4 rings (SSSR count). The molecule has 7 heteroatoms. The molecule has 0 saturated carbocycles. The van der Waals surface area contributed by atoms with Crippen molar-refractivity contribution < 1.29 is 18.7 Å². The van der Waals surface area contributed by atoms with E-state index in [1.807, 2.05) is 26.8 Å². The number of rotatable bonds is 4. The first-order valence-corrected chi connectivity index (χ1v) is 9.84. The average Bonchev–Trinajstić information content (AvgIpc) is 2.70. The lowest BCUT2D eigenvalue weighted by atomic mass is 9.91. The maximum atomic E-state index is 12.8. The van der Waals surface area contributed by atoms with E-state index in [1.165, 1.54) is 0 Å². The molecule has 0 spiro atoms. The Kier molecular flexibility index (Phi) is 4.97. The fourth-order valence-electron chi connectivity index (χ4n) is 3.85. The number of hydrogen-bond donors (Lipinski definition) is 1. The monoisotopic (exact) mass is 408 g/mol. The number of aryl methyl sites for hydroxylation is 2. The minimum Gasteiger partial charge on any atom is -0.496 e. The maximum absolute atomic E-state index is 12.8. The Morgan fingerprint density at radius 3 is 2.87 bits per heavy atom. The lowest BCUT2D eigenvalue weighted by Gasteiger charge is -2.33. The second kappa shape index (κ2) is 7.48.